The minimum Gasteiger partial charge on any atom is -0.345 e. The molecule has 168 valence electrons. The molecule has 1 atom stereocenters. The van der Waals surface area contributed by atoms with E-state index in [1.807, 2.05) is 35.4 Å². The van der Waals surface area contributed by atoms with Crippen LogP contribution in [0.5, 0.6) is 0 Å². The molecule has 5 rings (SSSR count). The summed E-state index contributed by atoms with van der Waals surface area (Å²) in [5, 5.41) is 0. The smallest absolute Gasteiger partial charge is 0.254 e. The van der Waals surface area contributed by atoms with E-state index in [2.05, 4.69) is 25.9 Å². The van der Waals surface area contributed by atoms with Crippen molar-refractivity contribution in [3.05, 3.63) is 60.2 Å². The number of carbonyl (C=O) groups excluding carboxylic acids is 1. The SMILES string of the molecule is O=C(c1ccc2nc[nH]c2c1)N(Cc1cccnc1)CC1CCCN(C2CCCCC2)C1. The van der Waals surface area contributed by atoms with Crippen LogP contribution in [0.1, 0.15) is 60.9 Å². The maximum Gasteiger partial charge on any atom is 0.254 e. The summed E-state index contributed by atoms with van der Waals surface area (Å²) in [4.78, 5) is 30.1. The number of fused-ring (bicyclic) bond motifs is 1. The zero-order valence-corrected chi connectivity index (χ0v) is 18.7. The van der Waals surface area contributed by atoms with Crippen LogP contribution in [0.15, 0.2) is 49.1 Å². The van der Waals surface area contributed by atoms with Crippen LogP contribution in [-0.2, 0) is 6.54 Å². The number of nitrogens with one attached hydrogen (secondary N) is 1. The summed E-state index contributed by atoms with van der Waals surface area (Å²) in [7, 11) is 0. The Morgan fingerprint density at radius 2 is 2.03 bits per heavy atom. The summed E-state index contributed by atoms with van der Waals surface area (Å²) in [6.45, 7) is 3.71. The van der Waals surface area contributed by atoms with E-state index in [0.29, 0.717) is 18.0 Å². The molecule has 32 heavy (non-hydrogen) atoms. The average Bonchev–Trinajstić information content (AvgIpc) is 3.33. The number of pyridine rings is 1. The van der Waals surface area contributed by atoms with Crippen molar-refractivity contribution in [2.24, 2.45) is 5.92 Å². The first kappa shape index (κ1) is 21.1. The Hall–Kier alpha value is -2.73. The summed E-state index contributed by atoms with van der Waals surface area (Å²) in [6.07, 6.45) is 14.6. The summed E-state index contributed by atoms with van der Waals surface area (Å²) < 4.78 is 0. The lowest BCUT2D eigenvalue weighted by molar-refractivity contribution is 0.0583. The first-order valence-corrected chi connectivity index (χ1v) is 12.1. The van der Waals surface area contributed by atoms with Gasteiger partial charge < -0.3 is 14.8 Å². The highest BCUT2D eigenvalue weighted by molar-refractivity contribution is 5.97. The second kappa shape index (κ2) is 9.82. The van der Waals surface area contributed by atoms with Gasteiger partial charge in [0.2, 0.25) is 0 Å². The second-order valence-corrected chi connectivity index (χ2v) is 9.48. The third-order valence-electron chi connectivity index (χ3n) is 7.17. The van der Waals surface area contributed by atoms with Gasteiger partial charge in [-0.05, 0) is 68.0 Å². The molecular weight excluding hydrogens is 398 g/mol. The molecule has 3 aromatic rings. The fourth-order valence-corrected chi connectivity index (χ4v) is 5.52. The van der Waals surface area contributed by atoms with Gasteiger partial charge in [0.15, 0.2) is 0 Å². The molecule has 1 amide bonds. The molecule has 1 N–H and O–H groups in total. The number of piperidine rings is 1. The lowest BCUT2D eigenvalue weighted by atomic mass is 9.90. The van der Waals surface area contributed by atoms with Gasteiger partial charge in [0.05, 0.1) is 17.4 Å². The van der Waals surface area contributed by atoms with Crippen LogP contribution >= 0.6 is 0 Å². The first-order chi connectivity index (χ1) is 15.8. The predicted octanol–water partition coefficient (Wildman–Crippen LogP) is 4.65. The fourth-order valence-electron chi connectivity index (χ4n) is 5.52. The maximum absolute atomic E-state index is 13.6. The number of nitrogens with zero attached hydrogens (tertiary/aromatic N) is 4. The normalized spacial score (nSPS) is 20.4. The van der Waals surface area contributed by atoms with E-state index in [1.165, 1.54) is 51.5 Å². The van der Waals surface area contributed by atoms with Crippen LogP contribution < -0.4 is 0 Å². The monoisotopic (exact) mass is 431 g/mol. The summed E-state index contributed by atoms with van der Waals surface area (Å²) in [5.74, 6) is 0.599. The molecule has 1 aliphatic carbocycles. The van der Waals surface area contributed by atoms with E-state index in [1.54, 1.807) is 12.5 Å². The Balaban J connectivity index is 1.33. The van der Waals surface area contributed by atoms with Crippen LogP contribution in [0, 0.1) is 5.92 Å². The molecule has 3 heterocycles. The number of amides is 1. The molecular formula is C26H33N5O. The molecule has 0 spiro atoms. The molecule has 1 unspecified atom stereocenters. The fraction of sp³-hybridized carbons (Fsp3) is 0.500. The van der Waals surface area contributed by atoms with Crippen molar-refractivity contribution in [2.75, 3.05) is 19.6 Å². The van der Waals surface area contributed by atoms with Gasteiger partial charge >= 0.3 is 0 Å². The molecule has 6 nitrogen and oxygen atoms in total. The van der Waals surface area contributed by atoms with Gasteiger partial charge in [0, 0.05) is 43.6 Å². The standard InChI is InChI=1S/C26H33N5O/c32-26(22-10-11-24-25(14-22)29-19-28-24)31(16-20-6-4-12-27-15-20)18-21-7-5-13-30(17-21)23-8-2-1-3-9-23/h4,6,10-12,14-15,19,21,23H,1-3,5,7-9,13,16-18H2,(H,28,29). The van der Waals surface area contributed by atoms with Crippen molar-refractivity contribution in [2.45, 2.75) is 57.5 Å². The molecule has 1 saturated carbocycles. The third kappa shape index (κ3) is 4.85. The van der Waals surface area contributed by atoms with Gasteiger partial charge in [-0.3, -0.25) is 9.78 Å². The Kier molecular flexibility index (Phi) is 6.49. The lowest BCUT2D eigenvalue weighted by Gasteiger charge is -2.41. The number of H-pyrrole nitrogens is 1. The molecule has 2 aliphatic rings. The van der Waals surface area contributed by atoms with Crippen molar-refractivity contribution in [3.63, 3.8) is 0 Å². The van der Waals surface area contributed by atoms with E-state index in [-0.39, 0.29) is 5.91 Å². The highest BCUT2D eigenvalue weighted by Crippen LogP contribution is 2.28. The number of aromatic amines is 1. The molecule has 0 radical (unpaired) electrons. The Morgan fingerprint density at radius 3 is 2.88 bits per heavy atom. The Bertz CT molecular complexity index is 1030. The first-order valence-electron chi connectivity index (χ1n) is 12.1. The number of carbonyl (C=O) groups is 1. The molecule has 1 saturated heterocycles. The average molecular weight is 432 g/mol. The van der Waals surface area contributed by atoms with Crippen LogP contribution in [0.4, 0.5) is 0 Å². The highest BCUT2D eigenvalue weighted by atomic mass is 16.2. The number of hydrogen-bond acceptors (Lipinski definition) is 4. The summed E-state index contributed by atoms with van der Waals surface area (Å²) >= 11 is 0. The number of likely N-dealkylation sites (tertiary alicyclic amines) is 1. The van der Waals surface area contributed by atoms with Gasteiger partial charge in [-0.1, -0.05) is 25.3 Å². The van der Waals surface area contributed by atoms with Gasteiger partial charge in [-0.2, -0.15) is 0 Å². The summed E-state index contributed by atoms with van der Waals surface area (Å²) in [5.41, 5.74) is 3.57. The van der Waals surface area contributed by atoms with E-state index < -0.39 is 0 Å². The van der Waals surface area contributed by atoms with Crippen molar-refractivity contribution < 1.29 is 4.79 Å². The van der Waals surface area contributed by atoms with Crippen molar-refractivity contribution in [1.29, 1.82) is 0 Å². The predicted molar refractivity (Wildman–Crippen MR) is 126 cm³/mol. The quantitative estimate of drug-likeness (QED) is 0.617. The topological polar surface area (TPSA) is 65.1 Å². The molecule has 2 fully saturated rings. The largest absolute Gasteiger partial charge is 0.345 e. The van der Waals surface area contributed by atoms with Crippen LogP contribution in [0.3, 0.4) is 0 Å². The van der Waals surface area contributed by atoms with Crippen molar-refractivity contribution in [1.82, 2.24) is 24.8 Å². The third-order valence-corrected chi connectivity index (χ3v) is 7.17. The number of hydrogen-bond donors (Lipinski definition) is 1. The molecule has 1 aliphatic heterocycles. The Morgan fingerprint density at radius 1 is 1.12 bits per heavy atom. The zero-order valence-electron chi connectivity index (χ0n) is 18.7. The van der Waals surface area contributed by atoms with E-state index >= 15 is 0 Å². The van der Waals surface area contributed by atoms with Crippen LogP contribution in [0.25, 0.3) is 11.0 Å². The summed E-state index contributed by atoms with van der Waals surface area (Å²) in [6, 6.07) is 10.5. The molecule has 6 heteroatoms. The van der Waals surface area contributed by atoms with Gasteiger partial charge in [-0.15, -0.1) is 0 Å². The number of rotatable bonds is 6. The number of aromatic nitrogens is 3. The van der Waals surface area contributed by atoms with E-state index in [0.717, 1.165) is 35.7 Å². The molecule has 1 aromatic carbocycles. The minimum atomic E-state index is 0.0835. The van der Waals surface area contributed by atoms with Gasteiger partial charge in [0.25, 0.3) is 5.91 Å². The minimum absolute atomic E-state index is 0.0835. The maximum atomic E-state index is 13.6. The van der Waals surface area contributed by atoms with E-state index in [9.17, 15) is 4.79 Å². The van der Waals surface area contributed by atoms with E-state index in [4.69, 9.17) is 0 Å². The number of imidazole rings is 1. The number of benzene rings is 1. The van der Waals surface area contributed by atoms with Crippen molar-refractivity contribution in [3.8, 4) is 0 Å². The van der Waals surface area contributed by atoms with Crippen LogP contribution in [-0.4, -0.2) is 56.3 Å². The van der Waals surface area contributed by atoms with Gasteiger partial charge in [0.1, 0.15) is 0 Å². The zero-order chi connectivity index (χ0) is 21.8. The van der Waals surface area contributed by atoms with Gasteiger partial charge in [-0.25, -0.2) is 4.98 Å². The highest BCUT2D eigenvalue weighted by Gasteiger charge is 2.29. The Labute approximate surface area is 190 Å². The molecule has 2 aromatic heterocycles. The van der Waals surface area contributed by atoms with Crippen molar-refractivity contribution >= 4 is 16.9 Å². The second-order valence-electron chi connectivity index (χ2n) is 9.48. The molecule has 0 bridgehead atoms. The lowest BCUT2D eigenvalue weighted by Crippen LogP contribution is -2.47. The van der Waals surface area contributed by atoms with Crippen LogP contribution in [0.2, 0.25) is 0 Å².